The average molecular weight is 400 g/mol. The number of quaternary nitrogens is 1. The molecular formula is C24H35N2O3+. The van der Waals surface area contributed by atoms with Gasteiger partial charge in [0.25, 0.3) is 5.91 Å². The Hall–Kier alpha value is -2.53. The van der Waals surface area contributed by atoms with Gasteiger partial charge in [-0.05, 0) is 41.7 Å². The number of nitrogens with two attached hydrogens (primary N) is 1. The molecule has 5 heteroatoms. The number of nitrogens with zero attached hydrogens (tertiary/aromatic N) is 1. The van der Waals surface area contributed by atoms with Crippen LogP contribution in [0.5, 0.6) is 11.5 Å². The van der Waals surface area contributed by atoms with E-state index in [1.54, 1.807) is 19.0 Å². The molecular weight excluding hydrogens is 364 g/mol. The van der Waals surface area contributed by atoms with Crippen molar-refractivity contribution in [2.45, 2.75) is 46.3 Å². The number of amides is 1. The number of benzene rings is 2. The second-order valence-electron chi connectivity index (χ2n) is 8.43. The third kappa shape index (κ3) is 7.09. The van der Waals surface area contributed by atoms with Gasteiger partial charge in [-0.3, -0.25) is 4.79 Å². The summed E-state index contributed by atoms with van der Waals surface area (Å²) in [5.74, 6) is 1.58. The van der Waals surface area contributed by atoms with Crippen molar-refractivity contribution < 1.29 is 19.6 Å². The van der Waals surface area contributed by atoms with Gasteiger partial charge in [0.15, 0.2) is 18.0 Å². The zero-order valence-corrected chi connectivity index (χ0v) is 18.6. The first kappa shape index (κ1) is 22.8. The first-order valence-electron chi connectivity index (χ1n) is 10.2. The molecule has 0 aromatic heterocycles. The molecule has 0 atom stereocenters. The zero-order valence-electron chi connectivity index (χ0n) is 18.6. The van der Waals surface area contributed by atoms with Gasteiger partial charge in [-0.1, -0.05) is 45.0 Å². The van der Waals surface area contributed by atoms with E-state index in [2.05, 4.69) is 45.0 Å². The second kappa shape index (κ2) is 10.3. The summed E-state index contributed by atoms with van der Waals surface area (Å²) in [7, 11) is 3.54. The number of likely N-dealkylation sites (N-methyl/N-ethyl adjacent to an activating group) is 1. The van der Waals surface area contributed by atoms with E-state index in [0.29, 0.717) is 26.3 Å². The number of rotatable bonds is 9. The molecule has 0 radical (unpaired) electrons. The molecule has 2 aromatic rings. The van der Waals surface area contributed by atoms with Crippen LogP contribution in [-0.4, -0.2) is 38.1 Å². The normalized spacial score (nSPS) is 11.2. The number of hydrogen-bond acceptors (Lipinski definition) is 3. The molecule has 0 fully saturated rings. The summed E-state index contributed by atoms with van der Waals surface area (Å²) < 4.78 is 11.8. The molecule has 0 heterocycles. The van der Waals surface area contributed by atoms with Crippen LogP contribution < -0.4 is 14.8 Å². The van der Waals surface area contributed by atoms with E-state index in [0.717, 1.165) is 22.6 Å². The van der Waals surface area contributed by atoms with Crippen molar-refractivity contribution in [1.82, 2.24) is 4.90 Å². The van der Waals surface area contributed by atoms with Crippen LogP contribution in [0.25, 0.3) is 0 Å². The molecule has 5 nitrogen and oxygen atoms in total. The molecule has 0 aliphatic carbocycles. The van der Waals surface area contributed by atoms with Crippen molar-refractivity contribution in [1.29, 1.82) is 0 Å². The Morgan fingerprint density at radius 1 is 0.966 bits per heavy atom. The van der Waals surface area contributed by atoms with Crippen LogP contribution in [0.3, 0.4) is 0 Å². The van der Waals surface area contributed by atoms with E-state index in [4.69, 9.17) is 9.47 Å². The average Bonchev–Trinajstić information content (AvgIpc) is 2.67. The molecule has 0 spiro atoms. The lowest BCUT2D eigenvalue weighted by atomic mass is 9.87. The lowest BCUT2D eigenvalue weighted by molar-refractivity contribution is -0.660. The molecule has 0 unspecified atom stereocenters. The van der Waals surface area contributed by atoms with Crippen LogP contribution in [-0.2, 0) is 23.4 Å². The van der Waals surface area contributed by atoms with Crippen molar-refractivity contribution in [2.24, 2.45) is 0 Å². The second-order valence-corrected chi connectivity index (χ2v) is 8.43. The predicted octanol–water partition coefficient (Wildman–Crippen LogP) is 3.11. The van der Waals surface area contributed by atoms with Gasteiger partial charge in [0, 0.05) is 19.7 Å². The van der Waals surface area contributed by atoms with E-state index in [-0.39, 0.29) is 11.3 Å². The summed E-state index contributed by atoms with van der Waals surface area (Å²) in [5.41, 5.74) is 3.68. The van der Waals surface area contributed by atoms with Gasteiger partial charge in [0.1, 0.15) is 13.2 Å². The number of hydrogen-bond donors (Lipinski definition) is 1. The number of carbonyl (C=O) groups is 1. The summed E-state index contributed by atoms with van der Waals surface area (Å²) in [5, 5.41) is 1.99. The highest BCUT2D eigenvalue weighted by Gasteiger charge is 2.13. The lowest BCUT2D eigenvalue weighted by Gasteiger charge is -2.19. The van der Waals surface area contributed by atoms with Gasteiger partial charge >= 0.3 is 0 Å². The van der Waals surface area contributed by atoms with Crippen molar-refractivity contribution in [2.75, 3.05) is 27.2 Å². The molecule has 2 rings (SSSR count). The molecule has 0 saturated carbocycles. The molecule has 2 N–H and O–H groups in total. The fraction of sp³-hybridized carbons (Fsp3) is 0.458. The van der Waals surface area contributed by atoms with E-state index in [9.17, 15) is 4.79 Å². The molecule has 0 aliphatic rings. The van der Waals surface area contributed by atoms with Gasteiger partial charge in [0.05, 0.1) is 6.61 Å². The Morgan fingerprint density at radius 2 is 1.62 bits per heavy atom. The third-order valence-corrected chi connectivity index (χ3v) is 4.72. The van der Waals surface area contributed by atoms with Gasteiger partial charge in [-0.2, -0.15) is 0 Å². The van der Waals surface area contributed by atoms with Crippen molar-refractivity contribution in [3.05, 3.63) is 59.2 Å². The predicted molar refractivity (Wildman–Crippen MR) is 116 cm³/mol. The SMILES string of the molecule is CCOc1cc(C[NH2+]CC(=O)N(C)C)ccc1OCc1ccc(C(C)(C)C)cc1. The minimum Gasteiger partial charge on any atom is -0.490 e. The highest BCUT2D eigenvalue weighted by Crippen LogP contribution is 2.29. The van der Waals surface area contributed by atoms with Crippen molar-refractivity contribution in [3.8, 4) is 11.5 Å². The Kier molecular flexibility index (Phi) is 8.09. The third-order valence-electron chi connectivity index (χ3n) is 4.72. The molecule has 2 aromatic carbocycles. The first-order chi connectivity index (χ1) is 13.7. The monoisotopic (exact) mass is 399 g/mol. The molecule has 0 aliphatic heterocycles. The van der Waals surface area contributed by atoms with Gasteiger partial charge < -0.3 is 19.7 Å². The Bertz CT molecular complexity index is 793. The van der Waals surface area contributed by atoms with E-state index in [1.165, 1.54) is 5.56 Å². The molecule has 0 bridgehead atoms. The lowest BCUT2D eigenvalue weighted by Crippen LogP contribution is -2.85. The highest BCUT2D eigenvalue weighted by atomic mass is 16.5. The van der Waals surface area contributed by atoms with E-state index in [1.807, 2.05) is 30.4 Å². The first-order valence-corrected chi connectivity index (χ1v) is 10.2. The van der Waals surface area contributed by atoms with Gasteiger partial charge in [-0.25, -0.2) is 0 Å². The van der Waals surface area contributed by atoms with Crippen LogP contribution in [0.1, 0.15) is 44.4 Å². The quantitative estimate of drug-likeness (QED) is 0.705. The number of carbonyl (C=O) groups excluding carboxylic acids is 1. The van der Waals surface area contributed by atoms with Crippen molar-refractivity contribution in [3.63, 3.8) is 0 Å². The minimum absolute atomic E-state index is 0.104. The molecule has 158 valence electrons. The Morgan fingerprint density at radius 3 is 2.21 bits per heavy atom. The maximum absolute atomic E-state index is 11.7. The van der Waals surface area contributed by atoms with E-state index < -0.39 is 0 Å². The van der Waals surface area contributed by atoms with Crippen LogP contribution in [0.4, 0.5) is 0 Å². The highest BCUT2D eigenvalue weighted by molar-refractivity contribution is 5.76. The molecule has 0 saturated heterocycles. The topological polar surface area (TPSA) is 55.4 Å². The zero-order chi connectivity index (χ0) is 21.4. The summed E-state index contributed by atoms with van der Waals surface area (Å²) in [6.45, 7) is 10.8. The maximum atomic E-state index is 11.7. The fourth-order valence-electron chi connectivity index (χ4n) is 2.87. The van der Waals surface area contributed by atoms with Crippen molar-refractivity contribution >= 4 is 5.91 Å². The van der Waals surface area contributed by atoms with E-state index >= 15 is 0 Å². The largest absolute Gasteiger partial charge is 0.490 e. The smallest absolute Gasteiger partial charge is 0.277 e. The van der Waals surface area contributed by atoms with Gasteiger partial charge in [-0.15, -0.1) is 0 Å². The molecule has 1 amide bonds. The Balaban J connectivity index is 2.00. The summed E-state index contributed by atoms with van der Waals surface area (Å²) in [4.78, 5) is 13.3. The van der Waals surface area contributed by atoms with Crippen LogP contribution in [0, 0.1) is 0 Å². The minimum atomic E-state index is 0.104. The fourth-order valence-corrected chi connectivity index (χ4v) is 2.87. The van der Waals surface area contributed by atoms with Crippen LogP contribution >= 0.6 is 0 Å². The summed E-state index contributed by atoms with van der Waals surface area (Å²) in [6.07, 6.45) is 0. The Labute approximate surface area is 175 Å². The van der Waals surface area contributed by atoms with Gasteiger partial charge in [0.2, 0.25) is 0 Å². The standard InChI is InChI=1S/C24H34N2O3/c1-7-28-22-14-19(15-25-16-23(27)26(5)6)10-13-21(22)29-17-18-8-11-20(12-9-18)24(2,3)4/h8-14,25H,7,15-17H2,1-6H3/p+1. The van der Waals surface area contributed by atoms with Crippen LogP contribution in [0.15, 0.2) is 42.5 Å². The molecule has 29 heavy (non-hydrogen) atoms. The maximum Gasteiger partial charge on any atom is 0.277 e. The summed E-state index contributed by atoms with van der Waals surface area (Å²) in [6, 6.07) is 14.5. The summed E-state index contributed by atoms with van der Waals surface area (Å²) >= 11 is 0. The number of ether oxygens (including phenoxy) is 2. The van der Waals surface area contributed by atoms with Crippen LogP contribution in [0.2, 0.25) is 0 Å².